The Kier molecular flexibility index (Phi) is 4.39. The van der Waals surface area contributed by atoms with E-state index in [9.17, 15) is 4.79 Å². The molecule has 1 aromatic rings. The Bertz CT molecular complexity index is 748. The highest BCUT2D eigenvalue weighted by Gasteiger charge is 2.65. The second-order valence-electron chi connectivity index (χ2n) is 10.8. The lowest BCUT2D eigenvalue weighted by Crippen LogP contribution is -2.63. The van der Waals surface area contributed by atoms with Gasteiger partial charge in [-0.1, -0.05) is 43.7 Å². The Morgan fingerprint density at radius 2 is 1.96 bits per heavy atom. The molecule has 3 heteroatoms. The molecule has 3 nitrogen and oxygen atoms in total. The van der Waals surface area contributed by atoms with Crippen molar-refractivity contribution in [2.24, 2.45) is 16.7 Å². The molecule has 5 fully saturated rings. The average molecular weight is 381 g/mol. The highest BCUT2D eigenvalue weighted by Crippen LogP contribution is 2.71. The fraction of sp³-hybridized carbons (Fsp3) is 0.720. The van der Waals surface area contributed by atoms with Crippen molar-refractivity contribution in [1.29, 1.82) is 0 Å². The molecular formula is C25H36N2O. The molecular weight excluding hydrogens is 344 g/mol. The van der Waals surface area contributed by atoms with Crippen LogP contribution in [0.5, 0.6) is 0 Å². The third-order valence-corrected chi connectivity index (χ3v) is 8.76. The van der Waals surface area contributed by atoms with E-state index in [-0.39, 0.29) is 10.8 Å². The van der Waals surface area contributed by atoms with E-state index in [0.717, 1.165) is 38.6 Å². The molecule has 4 saturated carbocycles. The first-order chi connectivity index (χ1) is 13.5. The van der Waals surface area contributed by atoms with Crippen LogP contribution in [0.15, 0.2) is 30.3 Å². The fourth-order valence-corrected chi connectivity index (χ4v) is 8.00. The summed E-state index contributed by atoms with van der Waals surface area (Å²) in [5.41, 5.74) is 1.94. The summed E-state index contributed by atoms with van der Waals surface area (Å²) in [7, 11) is 0. The lowest BCUT2D eigenvalue weighted by Gasteiger charge is -2.66. The zero-order valence-corrected chi connectivity index (χ0v) is 17.6. The Hall–Kier alpha value is -1.35. The van der Waals surface area contributed by atoms with E-state index >= 15 is 0 Å². The van der Waals surface area contributed by atoms with E-state index in [4.69, 9.17) is 0 Å². The molecule has 0 radical (unpaired) electrons. The molecule has 5 aliphatic rings. The van der Waals surface area contributed by atoms with Crippen molar-refractivity contribution >= 4 is 5.91 Å². The van der Waals surface area contributed by atoms with Crippen LogP contribution in [-0.4, -0.2) is 24.5 Å². The van der Waals surface area contributed by atoms with Crippen LogP contribution in [0.3, 0.4) is 0 Å². The molecule has 152 valence electrons. The molecule has 1 aromatic carbocycles. The number of rotatable bonds is 4. The van der Waals surface area contributed by atoms with Crippen LogP contribution in [-0.2, 0) is 10.2 Å². The molecule has 6 atom stereocenters. The summed E-state index contributed by atoms with van der Waals surface area (Å²) < 4.78 is 0. The van der Waals surface area contributed by atoms with Crippen LogP contribution < -0.4 is 10.6 Å². The number of hydrogen-bond donors (Lipinski definition) is 2. The number of amides is 1. The predicted octanol–water partition coefficient (Wildman–Crippen LogP) is 4.56. The van der Waals surface area contributed by atoms with E-state index in [1.54, 1.807) is 0 Å². The van der Waals surface area contributed by atoms with Gasteiger partial charge in [0.1, 0.15) is 0 Å². The summed E-state index contributed by atoms with van der Waals surface area (Å²) in [5, 5.41) is 7.05. The normalized spacial score (nSPS) is 44.4. The first-order valence-corrected chi connectivity index (χ1v) is 11.6. The quantitative estimate of drug-likeness (QED) is 0.804. The highest BCUT2D eigenvalue weighted by molar-refractivity contribution is 5.84. The number of benzene rings is 1. The Labute approximate surface area is 170 Å². The second kappa shape index (κ2) is 6.58. The molecule has 4 bridgehead atoms. The Morgan fingerprint density at radius 3 is 2.71 bits per heavy atom. The zero-order valence-electron chi connectivity index (χ0n) is 17.6. The van der Waals surface area contributed by atoms with Crippen LogP contribution in [0.25, 0.3) is 0 Å². The van der Waals surface area contributed by atoms with E-state index in [0.29, 0.717) is 29.3 Å². The molecule has 1 heterocycles. The van der Waals surface area contributed by atoms with E-state index in [1.165, 1.54) is 31.2 Å². The van der Waals surface area contributed by atoms with Gasteiger partial charge in [0.25, 0.3) is 0 Å². The molecule has 0 aromatic heterocycles. The van der Waals surface area contributed by atoms with Gasteiger partial charge >= 0.3 is 0 Å². The molecule has 1 saturated heterocycles. The topological polar surface area (TPSA) is 41.1 Å². The number of carbonyl (C=O) groups excluding carboxylic acids is 1. The molecule has 0 spiro atoms. The minimum atomic E-state index is -0.140. The fourth-order valence-electron chi connectivity index (χ4n) is 8.00. The van der Waals surface area contributed by atoms with Crippen LogP contribution in [0.2, 0.25) is 0 Å². The summed E-state index contributed by atoms with van der Waals surface area (Å²) in [6.45, 7) is 5.63. The van der Waals surface area contributed by atoms with E-state index < -0.39 is 0 Å². The lowest BCUT2D eigenvalue weighted by molar-refractivity contribution is -0.164. The minimum Gasteiger partial charge on any atom is -0.353 e. The summed E-state index contributed by atoms with van der Waals surface area (Å²) in [6.07, 6.45) is 10.6. The maximum absolute atomic E-state index is 13.8. The number of hydrogen-bond acceptors (Lipinski definition) is 2. The number of piperidine rings is 1. The van der Waals surface area contributed by atoms with Gasteiger partial charge in [-0.25, -0.2) is 0 Å². The monoisotopic (exact) mass is 380 g/mol. The van der Waals surface area contributed by atoms with Crippen molar-refractivity contribution in [1.82, 2.24) is 10.6 Å². The zero-order chi connectivity index (χ0) is 19.4. The minimum absolute atomic E-state index is 0.140. The van der Waals surface area contributed by atoms with Gasteiger partial charge in [-0.05, 0) is 87.1 Å². The van der Waals surface area contributed by atoms with Crippen LogP contribution in [0.4, 0.5) is 0 Å². The molecule has 1 amide bonds. The summed E-state index contributed by atoms with van der Waals surface area (Å²) in [5.74, 6) is 1.10. The number of nitrogens with one attached hydrogen (secondary N) is 2. The van der Waals surface area contributed by atoms with Gasteiger partial charge in [0.05, 0.1) is 5.41 Å². The van der Waals surface area contributed by atoms with Gasteiger partial charge < -0.3 is 10.6 Å². The van der Waals surface area contributed by atoms with Crippen molar-refractivity contribution in [3.8, 4) is 0 Å². The Morgan fingerprint density at radius 1 is 1.14 bits per heavy atom. The third kappa shape index (κ3) is 2.93. The van der Waals surface area contributed by atoms with E-state index in [1.807, 2.05) is 0 Å². The van der Waals surface area contributed by atoms with Gasteiger partial charge in [0, 0.05) is 12.1 Å². The van der Waals surface area contributed by atoms with E-state index in [2.05, 4.69) is 54.8 Å². The van der Waals surface area contributed by atoms with Crippen molar-refractivity contribution in [3.63, 3.8) is 0 Å². The Balaban J connectivity index is 1.46. The van der Waals surface area contributed by atoms with Crippen molar-refractivity contribution < 1.29 is 4.79 Å². The van der Waals surface area contributed by atoms with Gasteiger partial charge in [-0.3, -0.25) is 4.79 Å². The largest absolute Gasteiger partial charge is 0.353 e. The smallest absolute Gasteiger partial charge is 0.226 e. The van der Waals surface area contributed by atoms with Gasteiger partial charge in [0.2, 0.25) is 5.91 Å². The van der Waals surface area contributed by atoms with Gasteiger partial charge in [0.15, 0.2) is 0 Å². The number of carbonyl (C=O) groups is 1. The summed E-state index contributed by atoms with van der Waals surface area (Å²) >= 11 is 0. The molecule has 28 heavy (non-hydrogen) atoms. The lowest BCUT2D eigenvalue weighted by atomic mass is 9.38. The molecule has 6 rings (SSSR count). The molecule has 1 aliphatic heterocycles. The van der Waals surface area contributed by atoms with Crippen molar-refractivity contribution in [2.75, 3.05) is 6.54 Å². The van der Waals surface area contributed by atoms with Crippen LogP contribution in [0, 0.1) is 16.7 Å². The SMILES string of the molecule is CC[C@]12CC3CC(C(=O)N[C@H]4CCN[C@@H](C)C4)(C1)C[C@@](c1ccccc1)(C3)C2. The van der Waals surface area contributed by atoms with Crippen LogP contribution in [0.1, 0.15) is 77.2 Å². The maximum atomic E-state index is 13.8. The predicted molar refractivity (Wildman–Crippen MR) is 113 cm³/mol. The standard InChI is InChI=1S/C25H36N2O/c1-3-23-12-19-13-24(15-23,20-7-5-4-6-8-20)17-25(14-19,16-23)22(28)27-21-9-10-26-18(2)11-21/h4-8,18-19,21,26H,3,9-17H2,1-2H3,(H,27,28)/t18-,19?,21-,23+,24+,25?/m0/s1. The summed E-state index contributed by atoms with van der Waals surface area (Å²) in [4.78, 5) is 13.8. The molecule has 2 N–H and O–H groups in total. The highest BCUT2D eigenvalue weighted by atomic mass is 16.2. The van der Waals surface area contributed by atoms with Gasteiger partial charge in [-0.15, -0.1) is 0 Å². The van der Waals surface area contributed by atoms with Crippen molar-refractivity contribution in [3.05, 3.63) is 35.9 Å². The van der Waals surface area contributed by atoms with Crippen molar-refractivity contribution in [2.45, 2.75) is 89.1 Å². The third-order valence-electron chi connectivity index (χ3n) is 8.76. The maximum Gasteiger partial charge on any atom is 0.226 e. The first-order valence-electron chi connectivity index (χ1n) is 11.6. The molecule has 4 aliphatic carbocycles. The molecule has 2 unspecified atom stereocenters. The summed E-state index contributed by atoms with van der Waals surface area (Å²) in [6, 6.07) is 12.0. The second-order valence-corrected chi connectivity index (χ2v) is 10.8. The average Bonchev–Trinajstić information content (AvgIpc) is 2.68. The van der Waals surface area contributed by atoms with Crippen LogP contribution >= 0.6 is 0 Å². The first kappa shape index (κ1) is 18.7. The van der Waals surface area contributed by atoms with Gasteiger partial charge in [-0.2, -0.15) is 0 Å².